The normalized spacial score (nSPS) is 18.7. The zero-order valence-corrected chi connectivity index (χ0v) is 41.6. The minimum Gasteiger partial charge on any atom is -0.481 e. The number of carbonyl (C=O) groups excluding carboxylic acids is 4. The second kappa shape index (κ2) is 21.7. The van der Waals surface area contributed by atoms with Gasteiger partial charge in [0.1, 0.15) is 11.0 Å². The summed E-state index contributed by atoms with van der Waals surface area (Å²) in [7, 11) is 3.71. The molecule has 4 aliphatic rings. The van der Waals surface area contributed by atoms with Crippen LogP contribution in [-0.2, 0) is 38.1 Å². The zero-order chi connectivity index (χ0) is 52.2. The summed E-state index contributed by atoms with van der Waals surface area (Å²) in [4.78, 5) is 81.8. The molecule has 384 valence electrons. The number of benzene rings is 2. The number of hydrogen-bond acceptors (Lipinski definition) is 14. The van der Waals surface area contributed by atoms with Crippen LogP contribution in [0.5, 0.6) is 0 Å². The summed E-state index contributed by atoms with van der Waals surface area (Å²) in [6.45, 7) is 6.81. The van der Waals surface area contributed by atoms with Gasteiger partial charge in [0, 0.05) is 107 Å². The minimum absolute atomic E-state index is 0.00165. The van der Waals surface area contributed by atoms with Crippen LogP contribution in [0.4, 0.5) is 11.4 Å². The van der Waals surface area contributed by atoms with Crippen molar-refractivity contribution in [3.63, 3.8) is 0 Å². The number of aromatic nitrogens is 8. The fraction of sp³-hybridized carbons (Fsp3) is 0.385. The molecule has 4 amide bonds. The van der Waals surface area contributed by atoms with Crippen molar-refractivity contribution in [1.82, 2.24) is 49.5 Å². The topological polar surface area (TPSA) is 277 Å². The predicted octanol–water partition coefficient (Wildman–Crippen LogP) is 4.82. The highest BCUT2D eigenvalue weighted by Gasteiger charge is 2.40. The van der Waals surface area contributed by atoms with E-state index in [1.807, 2.05) is 99.6 Å². The maximum Gasteiger partial charge on any atom is 0.306 e. The number of carboxylic acids is 1. The van der Waals surface area contributed by atoms with Crippen molar-refractivity contribution in [2.45, 2.75) is 58.3 Å². The lowest BCUT2D eigenvalue weighted by atomic mass is 9.95. The summed E-state index contributed by atoms with van der Waals surface area (Å²) in [6, 6.07) is 22.6. The van der Waals surface area contributed by atoms with E-state index in [0.29, 0.717) is 69.4 Å². The highest BCUT2D eigenvalue weighted by atomic mass is 16.5. The van der Waals surface area contributed by atoms with Gasteiger partial charge in [-0.15, -0.1) is 0 Å². The Hall–Kier alpha value is -8.56. The lowest BCUT2D eigenvalue weighted by molar-refractivity contribution is -0.146. The van der Waals surface area contributed by atoms with Crippen molar-refractivity contribution in [1.29, 1.82) is 0 Å². The Morgan fingerprint density at radius 2 is 1.18 bits per heavy atom. The number of carboxylic acid groups (broad SMARTS) is 1. The fourth-order valence-corrected chi connectivity index (χ4v) is 10.1. The van der Waals surface area contributed by atoms with E-state index >= 15 is 0 Å². The molecule has 4 aliphatic heterocycles. The van der Waals surface area contributed by atoms with Crippen molar-refractivity contribution in [3.05, 3.63) is 108 Å². The fourth-order valence-electron chi connectivity index (χ4n) is 10.1. The van der Waals surface area contributed by atoms with Crippen LogP contribution in [0.15, 0.2) is 94.9 Å². The standard InChI is InChI=1S/C26H27N7O3.C17H20N2O4.C9H11N5O/c1-16-23-21(31(2)29-16)12-18(14-27-23)24-28-25(36-30-24)17-8-10-32(11-9-17)26(35)19-13-22(34)33(15-19)20-6-4-3-5-7-20;20-15-10-13(11-19(15)14-4-2-1-3-5-14)16(21)18-8-6-12(7-9-18)17(22)23;1-5-8-7(14(2)12-5)3-6(4-11-8)9(10)13-15/h3-7,12,14,17,19H,8-11,13,15H2,1-2H3;1-5,12-13H,6-11H2,(H,22,23);3-4,15H,1-2H3,(H2,10,13). The molecule has 2 unspecified atom stereocenters. The van der Waals surface area contributed by atoms with Gasteiger partial charge in [-0.25, -0.2) is 0 Å². The Kier molecular flexibility index (Phi) is 14.7. The van der Waals surface area contributed by atoms with Gasteiger partial charge in [0.05, 0.1) is 40.2 Å². The number of aliphatic carboxylic acids is 1. The van der Waals surface area contributed by atoms with Crippen molar-refractivity contribution >= 4 is 68.9 Å². The van der Waals surface area contributed by atoms with Crippen LogP contribution in [0.3, 0.4) is 0 Å². The van der Waals surface area contributed by atoms with Crippen LogP contribution in [-0.4, -0.2) is 134 Å². The molecule has 0 spiro atoms. The summed E-state index contributed by atoms with van der Waals surface area (Å²) >= 11 is 0. The average molecular weight is 1010 g/mol. The average Bonchev–Trinajstić information content (AvgIpc) is 4.28. The SMILES string of the molecule is Cc1nn(C)c2cc(-c3noc(C4CCN(C(=O)C5CC(=O)N(c6ccccc6)C5)CC4)n3)cnc12.Cc1nn(C)c2cc(/C(N)=N/O)cnc12.O=C(O)C1CCN(C(=O)C2CC(=O)N(c3ccccc3)C2)CC1. The zero-order valence-electron chi connectivity index (χ0n) is 41.6. The number of nitrogens with zero attached hydrogens (tertiary/aromatic N) is 13. The predicted molar refractivity (Wildman–Crippen MR) is 272 cm³/mol. The van der Waals surface area contributed by atoms with Gasteiger partial charge >= 0.3 is 5.97 Å². The van der Waals surface area contributed by atoms with Crippen LogP contribution in [0.25, 0.3) is 33.5 Å². The van der Waals surface area contributed by atoms with E-state index in [9.17, 15) is 24.0 Å². The number of likely N-dealkylation sites (tertiary alicyclic amines) is 2. The first-order chi connectivity index (χ1) is 35.7. The highest BCUT2D eigenvalue weighted by Crippen LogP contribution is 2.33. The Labute approximate surface area is 425 Å². The van der Waals surface area contributed by atoms with Gasteiger partial charge in [-0.3, -0.25) is 43.3 Å². The third-order valence-corrected chi connectivity index (χ3v) is 14.2. The number of amides is 4. The number of anilines is 2. The van der Waals surface area contributed by atoms with E-state index < -0.39 is 5.97 Å². The quantitative estimate of drug-likeness (QED) is 0.0797. The largest absolute Gasteiger partial charge is 0.481 e. The second-order valence-electron chi connectivity index (χ2n) is 19.1. The van der Waals surface area contributed by atoms with Gasteiger partial charge < -0.3 is 40.2 Å². The molecule has 4 saturated heterocycles. The monoisotopic (exact) mass is 1010 g/mol. The first kappa shape index (κ1) is 50.4. The third-order valence-electron chi connectivity index (χ3n) is 14.2. The lowest BCUT2D eigenvalue weighted by Gasteiger charge is -2.32. The number of amidine groups is 1. The molecule has 7 aromatic rings. The molecular formula is C52H58N14O8. The van der Waals surface area contributed by atoms with Crippen LogP contribution < -0.4 is 15.5 Å². The Morgan fingerprint density at radius 1 is 0.689 bits per heavy atom. The molecule has 0 bridgehead atoms. The number of pyridine rings is 2. The number of nitrogens with two attached hydrogens (primary N) is 1. The summed E-state index contributed by atoms with van der Waals surface area (Å²) < 4.78 is 9.12. The molecule has 4 N–H and O–H groups in total. The summed E-state index contributed by atoms with van der Waals surface area (Å²) in [5, 5.41) is 33.3. The molecule has 2 atom stereocenters. The Morgan fingerprint density at radius 3 is 1.68 bits per heavy atom. The highest BCUT2D eigenvalue weighted by molar-refractivity contribution is 6.01. The smallest absolute Gasteiger partial charge is 0.306 e. The number of oxime groups is 1. The van der Waals surface area contributed by atoms with Crippen LogP contribution in [0.1, 0.15) is 67.3 Å². The van der Waals surface area contributed by atoms with Crippen LogP contribution in [0, 0.1) is 31.6 Å². The summed E-state index contributed by atoms with van der Waals surface area (Å²) in [6.07, 6.45) is 6.26. The van der Waals surface area contributed by atoms with E-state index in [1.54, 1.807) is 42.5 Å². The van der Waals surface area contributed by atoms with Gasteiger partial charge in [-0.05, 0) is 75.9 Å². The molecular weight excluding hydrogens is 949 g/mol. The molecule has 22 nitrogen and oxygen atoms in total. The maximum atomic E-state index is 13.2. The minimum atomic E-state index is -0.789. The number of para-hydroxylation sites is 2. The number of fused-ring (bicyclic) bond motifs is 2. The summed E-state index contributed by atoms with van der Waals surface area (Å²) in [5.41, 5.74) is 13.7. The molecule has 4 fully saturated rings. The van der Waals surface area contributed by atoms with E-state index in [4.69, 9.17) is 20.6 Å². The van der Waals surface area contributed by atoms with Crippen molar-refractivity contribution in [2.24, 2.45) is 42.7 Å². The number of rotatable bonds is 8. The van der Waals surface area contributed by atoms with Crippen molar-refractivity contribution < 1.29 is 38.8 Å². The molecule has 11 rings (SSSR count). The molecule has 0 radical (unpaired) electrons. The van der Waals surface area contributed by atoms with Crippen LogP contribution >= 0.6 is 0 Å². The number of piperidine rings is 2. The Balaban J connectivity index is 0.000000151. The maximum absolute atomic E-state index is 13.2. The Bertz CT molecular complexity index is 3230. The van der Waals surface area contributed by atoms with Gasteiger partial charge in [0.2, 0.25) is 35.3 Å². The first-order valence-corrected chi connectivity index (χ1v) is 24.6. The second-order valence-corrected chi connectivity index (χ2v) is 19.1. The van der Waals surface area contributed by atoms with E-state index in [-0.39, 0.29) is 66.0 Å². The van der Waals surface area contributed by atoms with Gasteiger partial charge in [-0.2, -0.15) is 15.2 Å². The van der Waals surface area contributed by atoms with Crippen LogP contribution in [0.2, 0.25) is 0 Å². The number of hydrogen-bond donors (Lipinski definition) is 3. The van der Waals surface area contributed by atoms with E-state index in [0.717, 1.165) is 63.2 Å². The van der Waals surface area contributed by atoms with Crippen molar-refractivity contribution in [2.75, 3.05) is 49.1 Å². The molecule has 0 saturated carbocycles. The summed E-state index contributed by atoms with van der Waals surface area (Å²) in [5.74, 6) is -0.554. The molecule has 9 heterocycles. The van der Waals surface area contributed by atoms with Crippen molar-refractivity contribution in [3.8, 4) is 11.4 Å². The molecule has 22 heteroatoms. The van der Waals surface area contributed by atoms with E-state index in [1.165, 1.54) is 0 Å². The molecule has 2 aromatic carbocycles. The number of carbonyl (C=O) groups is 5. The number of aryl methyl sites for hydroxylation is 4. The van der Waals surface area contributed by atoms with Gasteiger partial charge in [0.25, 0.3) is 0 Å². The lowest BCUT2D eigenvalue weighted by Crippen LogP contribution is -2.43. The molecule has 74 heavy (non-hydrogen) atoms. The van der Waals surface area contributed by atoms with E-state index in [2.05, 4.69) is 35.5 Å². The van der Waals surface area contributed by atoms with Gasteiger partial charge in [0.15, 0.2) is 5.84 Å². The molecule has 5 aromatic heterocycles. The molecule has 0 aliphatic carbocycles. The third kappa shape index (κ3) is 10.6. The first-order valence-electron chi connectivity index (χ1n) is 24.6. The van der Waals surface area contributed by atoms with Gasteiger partial charge in [-0.1, -0.05) is 46.7 Å².